The third-order valence-electron chi connectivity index (χ3n) is 9.15. The average Bonchev–Trinajstić information content (AvgIpc) is 3.26. The smallest absolute Gasteiger partial charge is 0.227 e. The number of ketones is 1. The molecule has 0 aliphatic carbocycles. The van der Waals surface area contributed by atoms with Gasteiger partial charge in [0.25, 0.3) is 0 Å². The van der Waals surface area contributed by atoms with Crippen molar-refractivity contribution < 1.29 is 97.2 Å². The van der Waals surface area contributed by atoms with Crippen molar-refractivity contribution in [1.82, 2.24) is 0 Å². The molecule has 3 nitrogen and oxygen atoms in total. The molecular weight excluding hydrogens is 891 g/mol. The Morgan fingerprint density at radius 2 is 0.645 bits per heavy atom. The molecule has 0 fully saturated rings. The molecule has 0 amide bonds. The van der Waals surface area contributed by atoms with Gasteiger partial charge in [-0.15, -0.1) is 21.9 Å². The van der Waals surface area contributed by atoms with Gasteiger partial charge in [0.15, 0.2) is 82.2 Å². The molecule has 0 aliphatic heterocycles. The second-order valence-corrected chi connectivity index (χ2v) is 12.5. The maximum absolute atomic E-state index is 15.4. The normalized spacial score (nSPS) is 11.3. The largest absolute Gasteiger partial charge is 0.287 e. The number of carbonyl (C=O) groups excluding carboxylic acids is 1. The van der Waals surface area contributed by atoms with E-state index in [-0.39, 0.29) is 5.78 Å². The van der Waals surface area contributed by atoms with Crippen LogP contribution >= 0.6 is 0 Å². The van der Waals surface area contributed by atoms with Gasteiger partial charge >= 0.3 is 0 Å². The van der Waals surface area contributed by atoms with Crippen LogP contribution in [0.2, 0.25) is 0 Å². The van der Waals surface area contributed by atoms with Crippen LogP contribution in [0.3, 0.4) is 0 Å². The molecule has 0 radical (unpaired) electrons. The Hall–Kier alpha value is -6.93. The van der Waals surface area contributed by atoms with Crippen LogP contribution in [0.1, 0.15) is 15.9 Å². The highest BCUT2D eigenvalue weighted by atomic mass is 19.2. The van der Waals surface area contributed by atoms with Crippen LogP contribution in [0, 0.1) is 128 Å². The lowest BCUT2D eigenvalue weighted by Gasteiger charge is -2.44. The molecule has 0 saturated carbocycles. The molecule has 1 aromatic heterocycles. The first-order valence-corrected chi connectivity index (χ1v) is 16.2. The van der Waals surface area contributed by atoms with Gasteiger partial charge in [-0.2, -0.15) is 9.83 Å². The second-order valence-electron chi connectivity index (χ2n) is 12.5. The Kier molecular flexibility index (Phi) is 12.8. The zero-order chi connectivity index (χ0) is 46.4. The topological polar surface area (TPSA) is 44.7 Å². The summed E-state index contributed by atoms with van der Waals surface area (Å²) in [5, 5.41) is 8.66. The quantitative estimate of drug-likeness (QED) is 0.0415. The molecule has 0 bridgehead atoms. The van der Waals surface area contributed by atoms with Gasteiger partial charge in [-0.25, -0.2) is 87.8 Å². The Morgan fingerprint density at radius 3 is 0.887 bits per heavy atom. The first-order valence-electron chi connectivity index (χ1n) is 16.2. The Labute approximate surface area is 331 Å². The number of Topliss-reactive ketones (excluding diaryl/α,β-unsaturated/α-hetero) is 1. The summed E-state index contributed by atoms with van der Waals surface area (Å²) in [6.45, 7) is 0.312. The summed E-state index contributed by atoms with van der Waals surface area (Å²) in [7, 11) is 0. The lowest BCUT2D eigenvalue weighted by Crippen LogP contribution is -2.81. The molecule has 1 heterocycles. The summed E-state index contributed by atoms with van der Waals surface area (Å²) in [6.07, 6.45) is -3.52. The highest BCUT2D eigenvalue weighted by molar-refractivity contribution is 7.20. The van der Waals surface area contributed by atoms with Crippen LogP contribution in [0.25, 0.3) is 0 Å². The minimum absolute atomic E-state index is 0.0330. The summed E-state index contributed by atoms with van der Waals surface area (Å²) >= 11 is 0. The maximum Gasteiger partial charge on any atom is 0.227 e. The number of aromatic nitrogens is 1. The van der Waals surface area contributed by atoms with Crippen LogP contribution in [0.15, 0.2) is 54.9 Å². The summed E-state index contributed by atoms with van der Waals surface area (Å²) < 4.78 is 296. The van der Waals surface area contributed by atoms with Gasteiger partial charge in [-0.1, -0.05) is 6.07 Å². The van der Waals surface area contributed by atoms with Crippen LogP contribution in [-0.4, -0.2) is 11.9 Å². The van der Waals surface area contributed by atoms with Gasteiger partial charge in [-0.05, 0) is 24.3 Å². The standard InChI is InChI=1S/C24BF20.C14H11N2O/c26-5-1(6(27)14(35)21(42)13(5)34)25(2-7(28)15(36)22(43)16(37)8(2)29,3-9(30)17(38)23(44)18(39)10(3)31)4-11(32)19(40)24(45)20(41)12(4)33;15-10-12-4-6-13(7-5-12)14(17)11-16-8-2-1-3-9-16/h;1-9H,11H2/q-1;+1. The first-order chi connectivity index (χ1) is 29.0. The molecule has 62 heavy (non-hydrogen) atoms. The highest BCUT2D eigenvalue weighted by Gasteiger charge is 2.52. The van der Waals surface area contributed by atoms with Crippen LogP contribution in [0.4, 0.5) is 87.8 Å². The first kappa shape index (κ1) is 46.1. The minimum atomic E-state index is -7.22. The van der Waals surface area contributed by atoms with Crippen molar-refractivity contribution in [3.63, 3.8) is 0 Å². The monoisotopic (exact) mass is 902 g/mol. The van der Waals surface area contributed by atoms with E-state index in [2.05, 4.69) is 0 Å². The summed E-state index contributed by atoms with van der Waals surface area (Å²) in [5.41, 5.74) is -13.1. The zero-order valence-electron chi connectivity index (χ0n) is 29.3. The van der Waals surface area contributed by atoms with Gasteiger partial charge in [0.1, 0.15) is 52.7 Å². The van der Waals surface area contributed by atoms with E-state index in [0.717, 1.165) is 0 Å². The van der Waals surface area contributed by atoms with Gasteiger partial charge in [0.2, 0.25) is 12.3 Å². The van der Waals surface area contributed by atoms with Gasteiger partial charge in [0.05, 0.1) is 11.6 Å². The molecule has 6 aromatic rings. The Morgan fingerprint density at radius 1 is 0.403 bits per heavy atom. The summed E-state index contributed by atoms with van der Waals surface area (Å²) in [6, 6.07) is 14.4. The molecule has 24 heteroatoms. The number of hydrogen-bond acceptors (Lipinski definition) is 2. The fraction of sp³-hybridized carbons (Fsp3) is 0.0263. The zero-order valence-corrected chi connectivity index (χ0v) is 29.3. The van der Waals surface area contributed by atoms with Crippen LogP contribution < -0.4 is 26.4 Å². The number of rotatable bonds is 7. The maximum atomic E-state index is 15.4. The average molecular weight is 902 g/mol. The van der Waals surface area contributed by atoms with E-state index < -0.39 is 144 Å². The number of nitrogens with zero attached hydrogens (tertiary/aromatic N) is 2. The van der Waals surface area contributed by atoms with E-state index in [1.807, 2.05) is 41.2 Å². The number of nitriles is 1. The number of benzene rings is 5. The predicted octanol–water partition coefficient (Wildman–Crippen LogP) is 7.57. The molecule has 0 unspecified atom stereocenters. The summed E-state index contributed by atoms with van der Waals surface area (Å²) in [5.74, 6) is -71.4. The van der Waals surface area contributed by atoms with Crippen molar-refractivity contribution in [2.45, 2.75) is 6.54 Å². The summed E-state index contributed by atoms with van der Waals surface area (Å²) in [4.78, 5) is 11.9. The second kappa shape index (κ2) is 17.2. The van der Waals surface area contributed by atoms with Gasteiger partial charge < -0.3 is 0 Å². The van der Waals surface area contributed by atoms with Crippen molar-refractivity contribution in [1.29, 1.82) is 5.26 Å². The van der Waals surface area contributed by atoms with Crippen molar-refractivity contribution in [2.75, 3.05) is 0 Å². The van der Waals surface area contributed by atoms with Crippen LogP contribution in [-0.2, 0) is 6.54 Å². The molecule has 0 aliphatic rings. The van der Waals surface area contributed by atoms with Gasteiger partial charge in [0, 0.05) is 17.7 Å². The van der Waals surface area contributed by atoms with E-state index in [4.69, 9.17) is 5.26 Å². The van der Waals surface area contributed by atoms with Crippen molar-refractivity contribution in [3.05, 3.63) is 182 Å². The molecular formula is C38H11BF20N2O. The molecule has 0 saturated heterocycles. The molecule has 0 atom stereocenters. The molecule has 0 spiro atoms. The minimum Gasteiger partial charge on any atom is -0.287 e. The lowest BCUT2D eigenvalue weighted by molar-refractivity contribution is -0.683. The van der Waals surface area contributed by atoms with E-state index in [0.29, 0.717) is 17.7 Å². The van der Waals surface area contributed by atoms with Crippen molar-refractivity contribution in [2.24, 2.45) is 0 Å². The SMILES string of the molecule is Fc1c(F)c(F)c([B-](c2c(F)c(F)c(F)c(F)c2F)(c2c(F)c(F)c(F)c(F)c2F)c2c(F)c(F)c(F)c(F)c2F)c(F)c1F.N#Cc1ccc(C(=O)C[n+]2ccccc2)cc1. The van der Waals surface area contributed by atoms with Gasteiger partial charge in [-0.3, -0.25) is 4.79 Å². The Bertz CT molecular complexity index is 2470. The molecule has 5 aromatic carbocycles. The Balaban J connectivity index is 0.000000355. The molecule has 6 rings (SSSR count). The molecule has 322 valence electrons. The number of carbonyl (C=O) groups is 1. The number of hydrogen-bond donors (Lipinski definition) is 0. The van der Waals surface area contributed by atoms with E-state index >= 15 is 35.1 Å². The predicted molar refractivity (Wildman–Crippen MR) is 171 cm³/mol. The van der Waals surface area contributed by atoms with E-state index in [1.165, 1.54) is 0 Å². The van der Waals surface area contributed by atoms with Crippen LogP contribution in [0.5, 0.6) is 0 Å². The fourth-order valence-electron chi connectivity index (χ4n) is 6.40. The van der Waals surface area contributed by atoms with E-state index in [9.17, 15) is 57.5 Å². The highest BCUT2D eigenvalue weighted by Crippen LogP contribution is 2.30. The van der Waals surface area contributed by atoms with E-state index in [1.54, 1.807) is 24.3 Å². The fourth-order valence-corrected chi connectivity index (χ4v) is 6.40. The van der Waals surface area contributed by atoms with Crippen molar-refractivity contribution in [3.8, 4) is 6.07 Å². The third kappa shape index (κ3) is 7.23. The number of pyridine rings is 1. The van der Waals surface area contributed by atoms with Crippen molar-refractivity contribution >= 4 is 33.8 Å². The third-order valence-corrected chi connectivity index (χ3v) is 9.15. The number of halogens is 20. The molecule has 0 N–H and O–H groups in total. The lowest BCUT2D eigenvalue weighted by atomic mass is 9.12.